The van der Waals surface area contributed by atoms with Gasteiger partial charge >= 0.3 is 5.97 Å². The van der Waals surface area contributed by atoms with Gasteiger partial charge in [0.25, 0.3) is 0 Å². The van der Waals surface area contributed by atoms with Crippen molar-refractivity contribution in [3.63, 3.8) is 0 Å². The van der Waals surface area contributed by atoms with Gasteiger partial charge in [-0.3, -0.25) is 4.79 Å². The van der Waals surface area contributed by atoms with Crippen LogP contribution in [0.3, 0.4) is 0 Å². The zero-order valence-electron chi connectivity index (χ0n) is 10.3. The molecule has 4 heteroatoms. The number of aromatic nitrogens is 1. The summed E-state index contributed by atoms with van der Waals surface area (Å²) >= 11 is 0. The van der Waals surface area contributed by atoms with Gasteiger partial charge in [0.2, 0.25) is 0 Å². The third-order valence-electron chi connectivity index (χ3n) is 4.18. The van der Waals surface area contributed by atoms with Gasteiger partial charge in [-0.1, -0.05) is 18.2 Å². The minimum Gasteiger partial charge on any atom is -0.481 e. The Morgan fingerprint density at radius 3 is 3.11 bits per heavy atom. The van der Waals surface area contributed by atoms with E-state index >= 15 is 0 Å². The highest BCUT2D eigenvalue weighted by molar-refractivity contribution is 5.99. The Labute approximate surface area is 110 Å². The molecule has 0 amide bonds. The Morgan fingerprint density at radius 1 is 1.37 bits per heavy atom. The molecule has 2 aliphatic rings. The lowest BCUT2D eigenvalue weighted by atomic mass is 9.81. The fourth-order valence-corrected chi connectivity index (χ4v) is 3.27. The predicted molar refractivity (Wildman–Crippen MR) is 72.9 cm³/mol. The van der Waals surface area contributed by atoms with Crippen LogP contribution in [0.5, 0.6) is 0 Å². The number of carbonyl (C=O) groups is 1. The summed E-state index contributed by atoms with van der Waals surface area (Å²) in [5.74, 6) is -1.19. The van der Waals surface area contributed by atoms with Crippen molar-refractivity contribution in [3.8, 4) is 0 Å². The van der Waals surface area contributed by atoms with Gasteiger partial charge in [-0.2, -0.15) is 0 Å². The highest BCUT2D eigenvalue weighted by Gasteiger charge is 2.31. The normalized spacial score (nSPS) is 24.9. The van der Waals surface area contributed by atoms with Crippen molar-refractivity contribution < 1.29 is 9.90 Å². The van der Waals surface area contributed by atoms with Gasteiger partial charge in [-0.25, -0.2) is 0 Å². The lowest BCUT2D eigenvalue weighted by Gasteiger charge is -2.32. The molecule has 4 nitrogen and oxygen atoms in total. The van der Waals surface area contributed by atoms with E-state index in [2.05, 4.69) is 28.6 Å². The summed E-state index contributed by atoms with van der Waals surface area (Å²) in [6.45, 7) is 0.513. The average molecular weight is 254 g/mol. The molecule has 1 aromatic heterocycles. The highest BCUT2D eigenvalue weighted by atomic mass is 16.4. The Kier molecular flexibility index (Phi) is 2.11. The van der Waals surface area contributed by atoms with Crippen LogP contribution >= 0.6 is 0 Å². The van der Waals surface area contributed by atoms with Crippen LogP contribution in [-0.2, 0) is 11.2 Å². The molecular weight excluding hydrogens is 240 g/mol. The molecule has 0 radical (unpaired) electrons. The van der Waals surface area contributed by atoms with Crippen molar-refractivity contribution in [1.29, 1.82) is 0 Å². The Balaban J connectivity index is 1.95. The maximum absolute atomic E-state index is 11.2. The minimum atomic E-state index is -0.759. The van der Waals surface area contributed by atoms with Crippen molar-refractivity contribution in [2.24, 2.45) is 5.92 Å². The number of rotatable bonds is 1. The molecule has 1 unspecified atom stereocenters. The summed E-state index contributed by atoms with van der Waals surface area (Å²) < 4.78 is 0. The zero-order chi connectivity index (χ0) is 13.0. The summed E-state index contributed by atoms with van der Waals surface area (Å²) in [6, 6.07) is 6.41. The van der Waals surface area contributed by atoms with Crippen LogP contribution < -0.4 is 5.32 Å². The number of H-pyrrole nitrogens is 1. The van der Waals surface area contributed by atoms with E-state index < -0.39 is 11.9 Å². The number of benzene rings is 1. The first-order valence-electron chi connectivity index (χ1n) is 6.51. The van der Waals surface area contributed by atoms with Crippen LogP contribution in [0.4, 0.5) is 0 Å². The molecule has 1 aliphatic carbocycles. The van der Waals surface area contributed by atoms with Gasteiger partial charge in [0, 0.05) is 29.7 Å². The molecule has 2 heterocycles. The molecule has 96 valence electrons. The molecule has 0 spiro atoms. The molecule has 0 bridgehead atoms. The molecule has 1 aromatic carbocycles. The van der Waals surface area contributed by atoms with E-state index in [1.807, 2.05) is 12.1 Å². The summed E-state index contributed by atoms with van der Waals surface area (Å²) in [6.07, 6.45) is 4.92. The smallest absolute Gasteiger partial charge is 0.311 e. The Hall–Kier alpha value is -2.07. The van der Waals surface area contributed by atoms with Crippen LogP contribution in [0, 0.1) is 5.92 Å². The van der Waals surface area contributed by atoms with Crippen LogP contribution in [0.15, 0.2) is 30.5 Å². The standard InChI is InChI=1S/C15H14N2O2/c18-15(19)9-4-11-10-2-1-3-12-14(10)8(6-16-12)5-13(11)17-7-9/h1-4,6,9,13,16-17H,5,7H2,(H,18,19)/t9?,13-/m1/s1. The second-order valence-corrected chi connectivity index (χ2v) is 5.27. The van der Waals surface area contributed by atoms with Crippen molar-refractivity contribution >= 4 is 22.4 Å². The van der Waals surface area contributed by atoms with Crippen LogP contribution in [0.1, 0.15) is 11.1 Å². The van der Waals surface area contributed by atoms with E-state index in [0.717, 1.165) is 17.5 Å². The van der Waals surface area contributed by atoms with Crippen molar-refractivity contribution in [3.05, 3.63) is 41.6 Å². The third kappa shape index (κ3) is 1.47. The summed E-state index contributed by atoms with van der Waals surface area (Å²) in [4.78, 5) is 14.5. The fourth-order valence-electron chi connectivity index (χ4n) is 3.27. The summed E-state index contributed by atoms with van der Waals surface area (Å²) in [7, 11) is 0. The number of fused-ring (bicyclic) bond motifs is 2. The number of carboxylic acid groups (broad SMARTS) is 1. The van der Waals surface area contributed by atoms with Gasteiger partial charge in [0.05, 0.1) is 5.92 Å². The first-order valence-corrected chi connectivity index (χ1v) is 6.51. The summed E-state index contributed by atoms with van der Waals surface area (Å²) in [5.41, 5.74) is 4.75. The zero-order valence-corrected chi connectivity index (χ0v) is 10.3. The minimum absolute atomic E-state index is 0.240. The predicted octanol–water partition coefficient (Wildman–Crippen LogP) is 1.78. The van der Waals surface area contributed by atoms with E-state index in [1.54, 1.807) is 0 Å². The molecule has 3 N–H and O–H groups in total. The molecule has 1 aliphatic heterocycles. The molecule has 0 saturated carbocycles. The van der Waals surface area contributed by atoms with E-state index in [9.17, 15) is 9.90 Å². The van der Waals surface area contributed by atoms with E-state index in [1.165, 1.54) is 16.5 Å². The van der Waals surface area contributed by atoms with Gasteiger partial charge in [0.1, 0.15) is 0 Å². The maximum Gasteiger partial charge on any atom is 0.311 e. The molecule has 19 heavy (non-hydrogen) atoms. The Morgan fingerprint density at radius 2 is 2.26 bits per heavy atom. The van der Waals surface area contributed by atoms with Crippen LogP contribution in [-0.4, -0.2) is 28.6 Å². The monoisotopic (exact) mass is 254 g/mol. The molecular formula is C15H14N2O2. The molecule has 4 rings (SSSR count). The topological polar surface area (TPSA) is 65.1 Å². The SMILES string of the molecule is O=C(O)C1C=C2c3cccc4[nH]cc(c34)C[C@H]2NC1. The van der Waals surface area contributed by atoms with Gasteiger partial charge in [-0.15, -0.1) is 0 Å². The lowest BCUT2D eigenvalue weighted by molar-refractivity contribution is -0.140. The fraction of sp³-hybridized carbons (Fsp3) is 0.267. The number of carboxylic acids is 1. The quantitative estimate of drug-likeness (QED) is 0.726. The molecule has 2 aromatic rings. The highest BCUT2D eigenvalue weighted by Crippen LogP contribution is 2.38. The number of hydrogen-bond donors (Lipinski definition) is 3. The first-order chi connectivity index (χ1) is 9.24. The molecule has 2 atom stereocenters. The van der Waals surface area contributed by atoms with Crippen molar-refractivity contribution in [2.45, 2.75) is 12.5 Å². The Bertz CT molecular complexity index is 714. The third-order valence-corrected chi connectivity index (χ3v) is 4.18. The average Bonchev–Trinajstić information content (AvgIpc) is 2.83. The number of hydrogen-bond acceptors (Lipinski definition) is 2. The van der Waals surface area contributed by atoms with Gasteiger partial charge in [0.15, 0.2) is 0 Å². The first kappa shape index (κ1) is 10.8. The summed E-state index contributed by atoms with van der Waals surface area (Å²) in [5, 5.41) is 13.8. The van der Waals surface area contributed by atoms with E-state index in [0.29, 0.717) is 6.54 Å². The van der Waals surface area contributed by atoms with Gasteiger partial charge in [-0.05, 0) is 29.2 Å². The van der Waals surface area contributed by atoms with Gasteiger partial charge < -0.3 is 15.4 Å². The second-order valence-electron chi connectivity index (χ2n) is 5.27. The maximum atomic E-state index is 11.2. The van der Waals surface area contributed by atoms with E-state index in [-0.39, 0.29) is 6.04 Å². The molecule has 0 fully saturated rings. The number of nitrogens with one attached hydrogen (secondary N) is 2. The van der Waals surface area contributed by atoms with Crippen molar-refractivity contribution in [1.82, 2.24) is 10.3 Å². The number of aromatic amines is 1. The largest absolute Gasteiger partial charge is 0.481 e. The van der Waals surface area contributed by atoms with Crippen LogP contribution in [0.2, 0.25) is 0 Å². The molecule has 0 saturated heterocycles. The van der Waals surface area contributed by atoms with Crippen LogP contribution in [0.25, 0.3) is 16.5 Å². The van der Waals surface area contributed by atoms with E-state index in [4.69, 9.17) is 0 Å². The number of aliphatic carboxylic acids is 1. The lowest BCUT2D eigenvalue weighted by Crippen LogP contribution is -2.42. The second kappa shape index (κ2) is 3.71. The van der Waals surface area contributed by atoms with Crippen molar-refractivity contribution in [2.75, 3.05) is 6.54 Å².